The number of esters is 1. The minimum absolute atomic E-state index is 0.141. The van der Waals surface area contributed by atoms with E-state index >= 15 is 0 Å². The van der Waals surface area contributed by atoms with Crippen LogP contribution >= 0.6 is 7.14 Å². The van der Waals surface area contributed by atoms with Gasteiger partial charge in [-0.3, -0.25) is 14.2 Å². The Balaban J connectivity index is 2.10. The zero-order valence-electron chi connectivity index (χ0n) is 18.1. The van der Waals surface area contributed by atoms with Gasteiger partial charge in [-0.2, -0.15) is 4.57 Å². The third-order valence-corrected chi connectivity index (χ3v) is 6.08. The number of hydrogen-bond donors (Lipinski definition) is 0. The molecule has 0 N–H and O–H groups in total. The van der Waals surface area contributed by atoms with Crippen LogP contribution in [0.3, 0.4) is 0 Å². The molecule has 0 amide bonds. The zero-order chi connectivity index (χ0) is 23.2. The topological polar surface area (TPSA) is 114 Å². The normalized spacial score (nSPS) is 12.4. The van der Waals surface area contributed by atoms with Crippen LogP contribution in [0.25, 0.3) is 0 Å². The molecule has 0 spiro atoms. The van der Waals surface area contributed by atoms with Crippen molar-refractivity contribution >= 4 is 19.0 Å². The molecule has 2 aromatic rings. The molecule has 0 fully saturated rings. The Morgan fingerprint density at radius 1 is 1.10 bits per heavy atom. The van der Waals surface area contributed by atoms with Gasteiger partial charge in [0.1, 0.15) is 7.14 Å². The van der Waals surface area contributed by atoms with Crippen LogP contribution in [0, 0.1) is 6.92 Å². The molecule has 0 saturated heterocycles. The van der Waals surface area contributed by atoms with E-state index in [4.69, 9.17) is 4.74 Å². The molecule has 0 aliphatic heterocycles. The Hall–Kier alpha value is -2.77. The van der Waals surface area contributed by atoms with E-state index in [0.29, 0.717) is 17.4 Å². The number of hydrogen-bond acceptors (Lipinski definition) is 7. The number of aromatic nitrogens is 2. The fourth-order valence-electron chi connectivity index (χ4n) is 2.97. The van der Waals surface area contributed by atoms with Crippen LogP contribution in [-0.2, 0) is 25.4 Å². The highest BCUT2D eigenvalue weighted by molar-refractivity contribution is 7.63. The molecular weight excluding hydrogens is 423 g/mol. The second-order valence-corrected chi connectivity index (χ2v) is 10.8. The fraction of sp³-hybridized carbons (Fsp3) is 0.429. The van der Waals surface area contributed by atoms with Crippen molar-refractivity contribution in [1.82, 2.24) is 9.13 Å². The van der Waals surface area contributed by atoms with Crippen molar-refractivity contribution in [2.75, 3.05) is 27.0 Å². The number of nitrogens with zero attached hydrogens (tertiary/aromatic N) is 2. The first kappa shape index (κ1) is 24.5. The Morgan fingerprint density at radius 2 is 1.74 bits per heavy atom. The number of benzene rings is 1. The van der Waals surface area contributed by atoms with Crippen molar-refractivity contribution < 1.29 is 23.6 Å². The van der Waals surface area contributed by atoms with E-state index in [1.54, 1.807) is 18.2 Å². The molecular formula is C21H27N2O7P. The summed E-state index contributed by atoms with van der Waals surface area (Å²) in [5.74, 6) is -2.50. The van der Waals surface area contributed by atoms with Gasteiger partial charge in [0.25, 0.3) is 11.5 Å². The third-order valence-electron chi connectivity index (χ3n) is 4.59. The van der Waals surface area contributed by atoms with E-state index in [0.717, 1.165) is 0 Å². The van der Waals surface area contributed by atoms with Crippen LogP contribution in [0.1, 0.15) is 28.8 Å². The lowest BCUT2D eigenvalue weighted by Gasteiger charge is -2.19. The second-order valence-electron chi connectivity index (χ2n) is 7.49. The average molecular weight is 450 g/mol. The first-order valence-electron chi connectivity index (χ1n) is 9.75. The molecule has 168 valence electrons. The highest BCUT2D eigenvalue weighted by Crippen LogP contribution is 2.43. The summed E-state index contributed by atoms with van der Waals surface area (Å²) in [5.41, 5.74) is -0.862. The molecule has 31 heavy (non-hydrogen) atoms. The number of aryl methyl sites for hydroxylation is 2. The molecule has 0 aliphatic rings. The molecule has 0 saturated carbocycles. The number of carbonyl (C=O) groups excluding carboxylic acids is 2. The molecule has 0 aliphatic carbocycles. The maximum atomic E-state index is 12.8. The van der Waals surface area contributed by atoms with E-state index in [1.165, 1.54) is 50.3 Å². The first-order valence-corrected chi connectivity index (χ1v) is 12.4. The lowest BCUT2D eigenvalue weighted by atomic mass is 10.2. The summed E-state index contributed by atoms with van der Waals surface area (Å²) in [5, 5.41) is 0. The van der Waals surface area contributed by atoms with Gasteiger partial charge in [-0.05, 0) is 45.2 Å². The van der Waals surface area contributed by atoms with Crippen LogP contribution in [0.15, 0.2) is 46.1 Å². The number of ether oxygens (including phenoxy) is 2. The predicted molar refractivity (Wildman–Crippen MR) is 116 cm³/mol. The van der Waals surface area contributed by atoms with Gasteiger partial charge in [0.15, 0.2) is 0 Å². The quantitative estimate of drug-likeness (QED) is 0.326. The van der Waals surface area contributed by atoms with E-state index in [1.807, 2.05) is 0 Å². The van der Waals surface area contributed by atoms with Crippen molar-refractivity contribution in [2.45, 2.75) is 32.2 Å². The zero-order valence-corrected chi connectivity index (χ0v) is 19.0. The SMILES string of the molecule is COC(=O)C(OCCCCn1cc(C)c(=O)n(C(=O)c2ccccc2)c1=O)P(C)(C)=O. The number of unbranched alkanes of at least 4 members (excludes halogenated alkanes) is 1. The van der Waals surface area contributed by atoms with Crippen LogP contribution < -0.4 is 11.2 Å². The molecule has 9 nitrogen and oxygen atoms in total. The minimum Gasteiger partial charge on any atom is -0.467 e. The Bertz CT molecular complexity index is 1100. The summed E-state index contributed by atoms with van der Waals surface area (Å²) in [6.07, 6.45) is 2.36. The molecule has 1 aromatic carbocycles. The highest BCUT2D eigenvalue weighted by atomic mass is 31.2. The van der Waals surface area contributed by atoms with Crippen LogP contribution in [0.4, 0.5) is 0 Å². The maximum Gasteiger partial charge on any atom is 0.342 e. The smallest absolute Gasteiger partial charge is 0.342 e. The van der Waals surface area contributed by atoms with Crippen molar-refractivity contribution in [2.24, 2.45) is 0 Å². The van der Waals surface area contributed by atoms with Crippen molar-refractivity contribution in [1.29, 1.82) is 0 Å². The summed E-state index contributed by atoms with van der Waals surface area (Å²) < 4.78 is 24.2. The van der Waals surface area contributed by atoms with Crippen molar-refractivity contribution in [3.8, 4) is 0 Å². The third kappa shape index (κ3) is 6.12. The largest absolute Gasteiger partial charge is 0.467 e. The number of methoxy groups -OCH3 is 1. The number of carbonyl (C=O) groups is 2. The molecule has 0 bridgehead atoms. The number of rotatable bonds is 9. The average Bonchev–Trinajstić information content (AvgIpc) is 2.73. The Kier molecular flexibility index (Phi) is 8.30. The lowest BCUT2D eigenvalue weighted by Crippen LogP contribution is -2.44. The van der Waals surface area contributed by atoms with Gasteiger partial charge in [-0.25, -0.2) is 9.59 Å². The molecule has 1 unspecified atom stereocenters. The predicted octanol–water partition coefficient (Wildman–Crippen LogP) is 1.93. The van der Waals surface area contributed by atoms with Gasteiger partial charge < -0.3 is 14.0 Å². The van der Waals surface area contributed by atoms with Gasteiger partial charge in [-0.1, -0.05) is 18.2 Å². The molecule has 10 heteroatoms. The highest BCUT2D eigenvalue weighted by Gasteiger charge is 2.32. The van der Waals surface area contributed by atoms with Crippen LogP contribution in [0.2, 0.25) is 0 Å². The van der Waals surface area contributed by atoms with Crippen LogP contribution in [-0.4, -0.2) is 53.9 Å². The molecule has 1 atom stereocenters. The molecule has 0 radical (unpaired) electrons. The van der Waals surface area contributed by atoms with E-state index < -0.39 is 36.1 Å². The summed E-state index contributed by atoms with van der Waals surface area (Å²) >= 11 is 0. The second kappa shape index (κ2) is 10.5. The van der Waals surface area contributed by atoms with Gasteiger partial charge >= 0.3 is 11.7 Å². The Labute approximate surface area is 180 Å². The van der Waals surface area contributed by atoms with E-state index in [2.05, 4.69) is 4.74 Å². The van der Waals surface area contributed by atoms with Gasteiger partial charge in [-0.15, -0.1) is 0 Å². The summed E-state index contributed by atoms with van der Waals surface area (Å²) in [6.45, 7) is 4.82. The summed E-state index contributed by atoms with van der Waals surface area (Å²) in [6, 6.07) is 8.11. The van der Waals surface area contributed by atoms with Gasteiger partial charge in [0.2, 0.25) is 5.85 Å². The lowest BCUT2D eigenvalue weighted by molar-refractivity contribution is -0.148. The molecule has 1 heterocycles. The monoisotopic (exact) mass is 450 g/mol. The minimum atomic E-state index is -2.85. The standard InChI is InChI=1S/C21H27N2O7P/c1-15-14-22(12-8-9-13-30-20(19(26)29-2)31(3,4)28)21(27)23(17(15)24)18(25)16-10-6-5-7-11-16/h5-7,10-11,14,20H,8-9,12-13H2,1-4H3. The van der Waals surface area contributed by atoms with Crippen LogP contribution in [0.5, 0.6) is 0 Å². The summed E-state index contributed by atoms with van der Waals surface area (Å²) in [7, 11) is -1.65. The maximum absolute atomic E-state index is 12.8. The fourth-order valence-corrected chi connectivity index (χ4v) is 4.04. The van der Waals surface area contributed by atoms with Gasteiger partial charge in [0, 0.05) is 30.5 Å². The van der Waals surface area contributed by atoms with Crippen molar-refractivity contribution in [3.05, 3.63) is 68.5 Å². The van der Waals surface area contributed by atoms with Gasteiger partial charge in [0.05, 0.1) is 7.11 Å². The summed E-state index contributed by atoms with van der Waals surface area (Å²) in [4.78, 5) is 49.6. The first-order chi connectivity index (χ1) is 14.6. The van der Waals surface area contributed by atoms with Crippen molar-refractivity contribution in [3.63, 3.8) is 0 Å². The van der Waals surface area contributed by atoms with E-state index in [9.17, 15) is 23.7 Å². The van der Waals surface area contributed by atoms with E-state index in [-0.39, 0.29) is 24.3 Å². The Morgan fingerprint density at radius 3 is 2.32 bits per heavy atom. The molecule has 1 aromatic heterocycles. The molecule has 2 rings (SSSR count).